The molecule has 0 saturated carbocycles. The number of rotatable bonds is 0. The molecule has 0 unspecified atom stereocenters. The topological polar surface area (TPSA) is 0 Å². The molecule has 0 aromatic rings. The summed E-state index contributed by atoms with van der Waals surface area (Å²) < 4.78 is 0.672. The third-order valence-electron chi connectivity index (χ3n) is 0.612. The predicted octanol–water partition coefficient (Wildman–Crippen LogP) is 0.992. The van der Waals surface area contributed by atoms with Crippen LogP contribution in [0.5, 0.6) is 0 Å². The zero-order valence-electron chi connectivity index (χ0n) is 4.91. The SMILES string of the molecule is [Li][Te]C(C)(C)C. The van der Waals surface area contributed by atoms with E-state index in [1.165, 1.54) is 0 Å². The van der Waals surface area contributed by atoms with E-state index in [1.807, 2.05) is 0 Å². The van der Waals surface area contributed by atoms with Crippen LogP contribution in [0.3, 0.4) is 0 Å². The molecule has 0 rings (SSSR count). The molecule has 0 saturated heterocycles. The van der Waals surface area contributed by atoms with Gasteiger partial charge in [0.2, 0.25) is 0 Å². The molecule has 0 fully saturated rings. The van der Waals surface area contributed by atoms with Crippen molar-refractivity contribution >= 4 is 32.6 Å². The second kappa shape index (κ2) is 2.63. The molecular weight excluding hydrogens is 183 g/mol. The van der Waals surface area contributed by atoms with Crippen molar-refractivity contribution in [2.24, 2.45) is 0 Å². The van der Waals surface area contributed by atoms with Crippen LogP contribution in [-0.2, 0) is 0 Å². The quantitative estimate of drug-likeness (QED) is 0.501. The number of hydrogen-bond donors (Lipinski definition) is 0. The Bertz CT molecular complexity index is 37.3. The average Bonchev–Trinajstić information content (AvgIpc) is 1.35. The van der Waals surface area contributed by atoms with Crippen LogP contribution in [0.4, 0.5) is 0 Å². The van der Waals surface area contributed by atoms with E-state index in [0.717, 1.165) is 0 Å². The van der Waals surface area contributed by atoms with Crippen LogP contribution < -0.4 is 0 Å². The van der Waals surface area contributed by atoms with Crippen molar-refractivity contribution in [1.29, 1.82) is 0 Å². The molecule has 0 aliphatic carbocycles. The van der Waals surface area contributed by atoms with E-state index in [0.29, 0.717) is 21.7 Å². The molecular formula is C4H9LiTe. The zero-order chi connectivity index (χ0) is 5.21. The fourth-order valence-electron chi connectivity index (χ4n) is 0. The van der Waals surface area contributed by atoms with Gasteiger partial charge in [0.25, 0.3) is 0 Å². The molecule has 32 valence electrons. The average molecular weight is 192 g/mol. The number of hydrogen-bond acceptors (Lipinski definition) is 0. The van der Waals surface area contributed by atoms with Crippen LogP contribution in [0.1, 0.15) is 20.8 Å². The Hall–Kier alpha value is 1.39. The summed E-state index contributed by atoms with van der Waals surface area (Å²) >= 11 is 2.66. The van der Waals surface area contributed by atoms with Crippen LogP contribution in [0.25, 0.3) is 0 Å². The predicted molar refractivity (Wildman–Crippen MR) is 31.2 cm³/mol. The summed E-state index contributed by atoms with van der Waals surface area (Å²) in [6.45, 7) is 6.90. The minimum absolute atomic E-state index is 0.317. The summed E-state index contributed by atoms with van der Waals surface area (Å²) in [7, 11) is 0. The summed E-state index contributed by atoms with van der Waals surface area (Å²) in [5.74, 6) is 0. The molecule has 0 aliphatic rings. The van der Waals surface area contributed by atoms with Gasteiger partial charge in [0.05, 0.1) is 0 Å². The van der Waals surface area contributed by atoms with Gasteiger partial charge < -0.3 is 0 Å². The van der Waals surface area contributed by atoms with Crippen LogP contribution in [0.2, 0.25) is 3.46 Å². The summed E-state index contributed by atoms with van der Waals surface area (Å²) in [6.07, 6.45) is 0. The molecule has 0 atom stereocenters. The van der Waals surface area contributed by atoms with Crippen LogP contribution in [0, 0.1) is 0 Å². The molecule has 0 spiro atoms. The van der Waals surface area contributed by atoms with E-state index in [1.54, 1.807) is 0 Å². The van der Waals surface area contributed by atoms with Gasteiger partial charge in [-0.15, -0.1) is 0 Å². The first-order chi connectivity index (χ1) is 2.56. The van der Waals surface area contributed by atoms with E-state index in [-0.39, 0.29) is 0 Å². The summed E-state index contributed by atoms with van der Waals surface area (Å²) in [5, 5.41) is 0. The molecule has 0 heterocycles. The maximum atomic E-state index is 2.34. The molecule has 6 heavy (non-hydrogen) atoms. The van der Waals surface area contributed by atoms with E-state index in [4.69, 9.17) is 0 Å². The molecule has 0 aromatic carbocycles. The first kappa shape index (κ1) is 7.39. The molecule has 0 amide bonds. The van der Waals surface area contributed by atoms with E-state index in [9.17, 15) is 0 Å². The van der Waals surface area contributed by atoms with Crippen molar-refractivity contribution in [3.05, 3.63) is 0 Å². The second-order valence-corrected chi connectivity index (χ2v) is 6.98. The van der Waals surface area contributed by atoms with Gasteiger partial charge in [0.15, 0.2) is 0 Å². The van der Waals surface area contributed by atoms with Crippen LogP contribution >= 0.6 is 0 Å². The Morgan fingerprint density at radius 2 is 1.50 bits per heavy atom. The van der Waals surface area contributed by atoms with Gasteiger partial charge in [0.1, 0.15) is 0 Å². The fraction of sp³-hybridized carbons (Fsp3) is 1.00. The van der Waals surface area contributed by atoms with Gasteiger partial charge in [-0.2, -0.15) is 0 Å². The van der Waals surface area contributed by atoms with Crippen molar-refractivity contribution < 1.29 is 0 Å². The van der Waals surface area contributed by atoms with Crippen molar-refractivity contribution in [3.63, 3.8) is 0 Å². The zero-order valence-corrected chi connectivity index (χ0v) is 7.24. The minimum atomic E-state index is 0.317. The molecule has 0 nitrogen and oxygen atoms in total. The third kappa shape index (κ3) is 5.39. The normalized spacial score (nSPS) is 12.2. The van der Waals surface area contributed by atoms with Crippen molar-refractivity contribution in [1.82, 2.24) is 0 Å². The molecule has 2 heteroatoms. The molecule has 0 N–H and O–H groups in total. The standard InChI is InChI=1S/C4H10Te.Li/c1-4(2,3)5;/h5H,1-3H3;/q;+1/p-1. The maximum absolute atomic E-state index is 2.34. The molecule has 0 aromatic heterocycles. The van der Waals surface area contributed by atoms with Crippen molar-refractivity contribution in [2.75, 3.05) is 0 Å². The first-order valence-electron chi connectivity index (χ1n) is 2.11. The van der Waals surface area contributed by atoms with Gasteiger partial charge in [-0.05, 0) is 0 Å². The van der Waals surface area contributed by atoms with Gasteiger partial charge in [-0.25, -0.2) is 0 Å². The molecule has 0 bridgehead atoms. The van der Waals surface area contributed by atoms with E-state index >= 15 is 0 Å². The van der Waals surface area contributed by atoms with E-state index in [2.05, 4.69) is 35.1 Å². The third-order valence-corrected chi connectivity index (χ3v) is 4.11. The first-order valence-corrected chi connectivity index (χ1v) is 5.61. The summed E-state index contributed by atoms with van der Waals surface area (Å²) in [5.41, 5.74) is 0. The Kier molecular flexibility index (Phi) is 3.24. The van der Waals surface area contributed by atoms with Crippen molar-refractivity contribution in [3.8, 4) is 0 Å². The van der Waals surface area contributed by atoms with Gasteiger partial charge >= 0.3 is 56.8 Å². The molecule has 0 aliphatic heterocycles. The van der Waals surface area contributed by atoms with E-state index < -0.39 is 0 Å². The Morgan fingerprint density at radius 1 is 1.33 bits per heavy atom. The Balaban J connectivity index is 3.17. The van der Waals surface area contributed by atoms with Gasteiger partial charge in [-0.3, -0.25) is 0 Å². The summed E-state index contributed by atoms with van der Waals surface area (Å²) in [4.78, 5) is 0. The van der Waals surface area contributed by atoms with Gasteiger partial charge in [-0.1, -0.05) is 0 Å². The fourth-order valence-corrected chi connectivity index (χ4v) is 0. The molecule has 0 radical (unpaired) electrons. The Morgan fingerprint density at radius 3 is 1.50 bits per heavy atom. The van der Waals surface area contributed by atoms with Crippen LogP contribution in [0.15, 0.2) is 0 Å². The van der Waals surface area contributed by atoms with Crippen LogP contribution in [-0.4, -0.2) is 32.6 Å². The summed E-state index contributed by atoms with van der Waals surface area (Å²) in [6, 6.07) is 0. The monoisotopic (exact) mass is 194 g/mol. The second-order valence-electron chi connectivity index (χ2n) is 2.32. The van der Waals surface area contributed by atoms with Crippen molar-refractivity contribution in [2.45, 2.75) is 24.2 Å². The Labute approximate surface area is 56.6 Å². The van der Waals surface area contributed by atoms with Gasteiger partial charge in [0, 0.05) is 0 Å².